The SMILES string of the molecule is C1=Nc2ccccc2OCOc2ccccc2N=1.CC.CC. The molecule has 0 spiro atoms. The standard InChI is InChI=1S/C14H10N2O2.2C2H6/c1-3-7-13-11(5-1)15-9-16-12-6-2-4-8-14(12)18-10-17-13;2*1-2/h1-8H,10H2;2*1-2H3. The Labute approximate surface area is 132 Å². The van der Waals surface area contributed by atoms with Gasteiger partial charge >= 0.3 is 0 Å². The minimum absolute atomic E-state index is 0.124. The highest BCUT2D eigenvalue weighted by Crippen LogP contribution is 2.30. The van der Waals surface area contributed by atoms with Gasteiger partial charge in [-0.15, -0.1) is 0 Å². The fourth-order valence-electron chi connectivity index (χ4n) is 1.63. The van der Waals surface area contributed by atoms with Gasteiger partial charge in [-0.05, 0) is 24.3 Å². The molecule has 1 aliphatic heterocycles. The zero-order valence-electron chi connectivity index (χ0n) is 13.5. The van der Waals surface area contributed by atoms with Crippen LogP contribution in [-0.4, -0.2) is 12.8 Å². The van der Waals surface area contributed by atoms with E-state index in [9.17, 15) is 0 Å². The number of rotatable bonds is 0. The van der Waals surface area contributed by atoms with Gasteiger partial charge in [0.25, 0.3) is 0 Å². The van der Waals surface area contributed by atoms with Gasteiger partial charge in [-0.2, -0.15) is 9.98 Å². The number of ether oxygens (including phenoxy) is 2. The van der Waals surface area contributed by atoms with Gasteiger partial charge in [0, 0.05) is 0 Å². The molecule has 22 heavy (non-hydrogen) atoms. The number of aliphatic imine (C=N–C) groups is 2. The molecule has 0 aromatic heterocycles. The van der Waals surface area contributed by atoms with E-state index in [1.165, 1.54) is 0 Å². The number of nitrogens with zero attached hydrogens (tertiary/aromatic N) is 2. The lowest BCUT2D eigenvalue weighted by Crippen LogP contribution is -2.06. The van der Waals surface area contributed by atoms with Crippen LogP contribution in [0.1, 0.15) is 27.7 Å². The predicted octanol–water partition coefficient (Wildman–Crippen LogP) is 5.60. The summed E-state index contributed by atoms with van der Waals surface area (Å²) >= 11 is 0. The molecule has 116 valence electrons. The van der Waals surface area contributed by atoms with Gasteiger partial charge in [-0.3, -0.25) is 0 Å². The highest BCUT2D eigenvalue weighted by atomic mass is 16.7. The van der Waals surface area contributed by atoms with Gasteiger partial charge in [-0.1, -0.05) is 52.0 Å². The van der Waals surface area contributed by atoms with Gasteiger partial charge in [0.05, 0.1) is 0 Å². The molecule has 4 heteroatoms. The predicted molar refractivity (Wildman–Crippen MR) is 90.9 cm³/mol. The molecule has 3 rings (SSSR count). The van der Waals surface area contributed by atoms with Crippen LogP contribution < -0.4 is 9.47 Å². The highest BCUT2D eigenvalue weighted by molar-refractivity contribution is 5.64. The van der Waals surface area contributed by atoms with E-state index in [-0.39, 0.29) is 6.79 Å². The number of benzene rings is 2. The molecule has 0 saturated heterocycles. The molecule has 0 saturated carbocycles. The Morgan fingerprint density at radius 1 is 0.727 bits per heavy atom. The molecule has 0 N–H and O–H groups in total. The van der Waals surface area contributed by atoms with E-state index in [1.807, 2.05) is 76.2 Å². The maximum absolute atomic E-state index is 5.52. The van der Waals surface area contributed by atoms with Gasteiger partial charge in [0.15, 0.2) is 0 Å². The molecule has 0 bridgehead atoms. The summed E-state index contributed by atoms with van der Waals surface area (Å²) in [5.74, 6) is 1.30. The molecule has 0 fully saturated rings. The van der Waals surface area contributed by atoms with E-state index >= 15 is 0 Å². The van der Waals surface area contributed by atoms with Crippen molar-refractivity contribution in [1.29, 1.82) is 0 Å². The zero-order valence-corrected chi connectivity index (χ0v) is 13.5. The molecule has 2 aromatic rings. The topological polar surface area (TPSA) is 43.2 Å². The summed E-state index contributed by atoms with van der Waals surface area (Å²) in [4.78, 5) is 8.30. The first-order chi connectivity index (χ1) is 10.9. The minimum Gasteiger partial charge on any atom is -0.455 e. The van der Waals surface area contributed by atoms with Crippen LogP contribution in [0, 0.1) is 0 Å². The fraction of sp³-hybridized carbons (Fsp3) is 0.278. The Morgan fingerprint density at radius 2 is 1.14 bits per heavy atom. The van der Waals surface area contributed by atoms with Crippen LogP contribution in [0.5, 0.6) is 11.5 Å². The van der Waals surface area contributed by atoms with Crippen molar-refractivity contribution in [2.75, 3.05) is 6.79 Å². The minimum atomic E-state index is 0.124. The molecular weight excluding hydrogens is 276 g/mol. The van der Waals surface area contributed by atoms with Crippen LogP contribution in [0.3, 0.4) is 0 Å². The van der Waals surface area contributed by atoms with Gasteiger partial charge < -0.3 is 9.47 Å². The quantitative estimate of drug-likeness (QED) is 0.635. The summed E-state index contributed by atoms with van der Waals surface area (Å²) < 4.78 is 11.0. The van der Waals surface area contributed by atoms with Crippen LogP contribution >= 0.6 is 0 Å². The monoisotopic (exact) mass is 298 g/mol. The average molecular weight is 298 g/mol. The van der Waals surface area contributed by atoms with E-state index in [0.717, 1.165) is 0 Å². The van der Waals surface area contributed by atoms with Crippen molar-refractivity contribution in [2.24, 2.45) is 9.98 Å². The Bertz CT molecular complexity index is 581. The number of hydrogen-bond donors (Lipinski definition) is 0. The molecule has 0 amide bonds. The summed E-state index contributed by atoms with van der Waals surface area (Å²) in [6, 6.07) is 17.5. The Hall–Kier alpha value is -2.58. The third-order valence-electron chi connectivity index (χ3n) is 2.50. The van der Waals surface area contributed by atoms with Crippen molar-refractivity contribution < 1.29 is 9.47 Å². The first-order valence-corrected chi connectivity index (χ1v) is 7.53. The number of hydrogen-bond acceptors (Lipinski definition) is 4. The molecular formula is C18H22N2O2. The van der Waals surface area contributed by atoms with Crippen LogP contribution in [0.4, 0.5) is 11.4 Å². The van der Waals surface area contributed by atoms with Crippen LogP contribution in [0.25, 0.3) is 0 Å². The maximum Gasteiger partial charge on any atom is 0.231 e. The summed E-state index contributed by atoms with van der Waals surface area (Å²) in [6.07, 6.45) is 0. The summed E-state index contributed by atoms with van der Waals surface area (Å²) in [5.41, 5.74) is 1.37. The van der Waals surface area contributed by atoms with Gasteiger partial charge in [0.1, 0.15) is 28.9 Å². The molecule has 4 nitrogen and oxygen atoms in total. The lowest BCUT2D eigenvalue weighted by atomic mass is 10.3. The second-order valence-electron chi connectivity index (χ2n) is 3.67. The van der Waals surface area contributed by atoms with Crippen molar-refractivity contribution in [1.82, 2.24) is 0 Å². The molecule has 1 aliphatic rings. The lowest BCUT2D eigenvalue weighted by molar-refractivity contribution is 0.121. The average Bonchev–Trinajstić information content (AvgIpc) is 2.61. The number of fused-ring (bicyclic) bond motifs is 2. The van der Waals surface area contributed by atoms with Gasteiger partial charge in [0.2, 0.25) is 6.79 Å². The van der Waals surface area contributed by atoms with Crippen LogP contribution in [0.2, 0.25) is 0 Å². The molecule has 0 atom stereocenters. The Balaban J connectivity index is 0.000000561. The Morgan fingerprint density at radius 3 is 1.59 bits per heavy atom. The normalized spacial score (nSPS) is 11.1. The van der Waals surface area contributed by atoms with E-state index in [1.54, 1.807) is 0 Å². The molecule has 2 aromatic carbocycles. The van der Waals surface area contributed by atoms with E-state index in [0.29, 0.717) is 22.9 Å². The van der Waals surface area contributed by atoms with Crippen molar-refractivity contribution in [3.05, 3.63) is 48.5 Å². The van der Waals surface area contributed by atoms with Crippen molar-refractivity contribution in [3.63, 3.8) is 0 Å². The largest absolute Gasteiger partial charge is 0.455 e. The van der Waals surface area contributed by atoms with E-state index < -0.39 is 0 Å². The van der Waals surface area contributed by atoms with Crippen molar-refractivity contribution in [3.8, 4) is 11.5 Å². The van der Waals surface area contributed by atoms with E-state index in [4.69, 9.17) is 9.47 Å². The van der Waals surface area contributed by atoms with E-state index in [2.05, 4.69) is 16.0 Å². The van der Waals surface area contributed by atoms with Crippen molar-refractivity contribution >= 4 is 17.4 Å². The third-order valence-corrected chi connectivity index (χ3v) is 2.50. The van der Waals surface area contributed by atoms with Crippen molar-refractivity contribution in [2.45, 2.75) is 27.7 Å². The second-order valence-corrected chi connectivity index (χ2v) is 3.67. The molecule has 0 unspecified atom stereocenters. The first kappa shape index (κ1) is 17.5. The maximum atomic E-state index is 5.52. The fourth-order valence-corrected chi connectivity index (χ4v) is 1.63. The lowest BCUT2D eigenvalue weighted by Gasteiger charge is -2.11. The smallest absolute Gasteiger partial charge is 0.231 e. The Kier molecular flexibility index (Phi) is 8.09. The zero-order chi connectivity index (χ0) is 16.2. The summed E-state index contributed by atoms with van der Waals surface area (Å²) in [5, 5.41) is 0. The first-order valence-electron chi connectivity index (χ1n) is 7.53. The molecule has 0 aliphatic carbocycles. The van der Waals surface area contributed by atoms with Crippen LogP contribution in [-0.2, 0) is 0 Å². The third kappa shape index (κ3) is 4.76. The van der Waals surface area contributed by atoms with Crippen LogP contribution in [0.15, 0.2) is 58.5 Å². The highest BCUT2D eigenvalue weighted by Gasteiger charge is 2.05. The number of para-hydroxylation sites is 4. The second kappa shape index (κ2) is 10.2. The summed E-state index contributed by atoms with van der Waals surface area (Å²) in [6.45, 7) is 8.12. The molecule has 1 heterocycles. The van der Waals surface area contributed by atoms with Gasteiger partial charge in [-0.25, -0.2) is 0 Å². The summed E-state index contributed by atoms with van der Waals surface area (Å²) in [7, 11) is 0. The molecule has 0 radical (unpaired) electrons.